The second kappa shape index (κ2) is 10.2. The van der Waals surface area contributed by atoms with E-state index < -0.39 is 76.5 Å². The van der Waals surface area contributed by atoms with Crippen molar-refractivity contribution < 1.29 is 48.2 Å². The van der Waals surface area contributed by atoms with Crippen molar-refractivity contribution >= 4 is 11.6 Å². The Morgan fingerprint density at radius 2 is 1.31 bits per heavy atom. The number of rotatable bonds is 8. The van der Waals surface area contributed by atoms with Crippen LogP contribution in [0.1, 0.15) is 106 Å². The minimum atomic E-state index is -1.19. The minimum absolute atomic E-state index is 0.0488. The lowest BCUT2D eigenvalue weighted by molar-refractivity contribution is -0.246. The van der Waals surface area contributed by atoms with Gasteiger partial charge in [-0.25, -0.2) is 0 Å². The van der Waals surface area contributed by atoms with Gasteiger partial charge in [0.05, 0.1) is 47.3 Å². The molecule has 0 radical (unpaired) electrons. The van der Waals surface area contributed by atoms with Gasteiger partial charge in [0.1, 0.15) is 35.6 Å². The first-order chi connectivity index (χ1) is 22.8. The molecule has 1 unspecified atom stereocenters. The van der Waals surface area contributed by atoms with Crippen LogP contribution in [0.15, 0.2) is 23.0 Å². The van der Waals surface area contributed by atoms with Gasteiger partial charge in [0.25, 0.3) is 0 Å². The first-order valence-corrected chi connectivity index (χ1v) is 18.7. The van der Waals surface area contributed by atoms with Crippen LogP contribution < -0.4 is 0 Å². The van der Waals surface area contributed by atoms with E-state index >= 15 is 4.79 Å². The average molecular weight is 669 g/mol. The van der Waals surface area contributed by atoms with E-state index in [1.54, 1.807) is 6.26 Å². The second-order valence-corrected chi connectivity index (χ2v) is 17.4. The fourth-order valence-corrected chi connectivity index (χ4v) is 11.2. The molecule has 10 nitrogen and oxygen atoms in total. The molecule has 10 rings (SSSR count). The molecule has 3 spiro atoms. The topological polar surface area (TPSA) is 137 Å². The maximum atomic E-state index is 15.4. The summed E-state index contributed by atoms with van der Waals surface area (Å²) in [5, 5.41) is 22.3. The molecule has 0 amide bonds. The highest BCUT2D eigenvalue weighted by Gasteiger charge is 2.86. The lowest BCUT2D eigenvalue weighted by Crippen LogP contribution is -2.76. The molecule has 264 valence electrons. The van der Waals surface area contributed by atoms with Gasteiger partial charge >= 0.3 is 0 Å². The molecular weight excluding hydrogens is 616 g/mol. The first-order valence-electron chi connectivity index (χ1n) is 18.7. The zero-order valence-electron chi connectivity index (χ0n) is 29.2. The van der Waals surface area contributed by atoms with Gasteiger partial charge in [0, 0.05) is 35.8 Å². The Hall–Kier alpha value is -1.66. The molecule has 10 heteroatoms. The Bertz CT molecular complexity index is 1500. The third-order valence-electron chi connectivity index (χ3n) is 13.9. The van der Waals surface area contributed by atoms with E-state index in [2.05, 4.69) is 13.8 Å². The number of aliphatic hydroxyl groups excluding tert-OH is 2. The van der Waals surface area contributed by atoms with Gasteiger partial charge < -0.3 is 38.6 Å². The highest BCUT2D eigenvalue weighted by atomic mass is 16.7. The molecule has 48 heavy (non-hydrogen) atoms. The number of epoxide rings is 2. The summed E-state index contributed by atoms with van der Waals surface area (Å²) in [4.78, 5) is 30.1. The van der Waals surface area contributed by atoms with Crippen LogP contribution >= 0.6 is 0 Å². The quantitative estimate of drug-likeness (QED) is 0.288. The van der Waals surface area contributed by atoms with Crippen molar-refractivity contribution in [3.63, 3.8) is 0 Å². The van der Waals surface area contributed by atoms with Gasteiger partial charge in [-0.1, -0.05) is 46.0 Å². The molecule has 10 aliphatic rings. The van der Waals surface area contributed by atoms with Crippen LogP contribution in [-0.2, 0) is 38.0 Å². The zero-order valence-corrected chi connectivity index (χ0v) is 29.2. The van der Waals surface area contributed by atoms with Gasteiger partial charge in [-0.05, 0) is 52.5 Å². The number of carbonyl (C=O) groups is 2. The lowest BCUT2D eigenvalue weighted by Gasteiger charge is -2.66. The summed E-state index contributed by atoms with van der Waals surface area (Å²) in [7, 11) is 0. The van der Waals surface area contributed by atoms with E-state index in [1.807, 2.05) is 27.7 Å². The largest absolute Gasteiger partial charge is 0.498 e. The van der Waals surface area contributed by atoms with Crippen molar-refractivity contribution in [2.75, 3.05) is 0 Å². The highest BCUT2D eigenvalue weighted by molar-refractivity contribution is 6.07. The number of hydrogen-bond acceptors (Lipinski definition) is 10. The Morgan fingerprint density at radius 3 is 1.96 bits per heavy atom. The van der Waals surface area contributed by atoms with Crippen LogP contribution in [0.2, 0.25) is 0 Å². The van der Waals surface area contributed by atoms with Crippen LogP contribution in [-0.4, -0.2) is 99.1 Å². The molecule has 0 aromatic heterocycles. The number of carbonyl (C=O) groups excluding carboxylic acids is 2. The van der Waals surface area contributed by atoms with Crippen LogP contribution in [0.5, 0.6) is 0 Å². The average Bonchev–Trinajstić information content (AvgIpc) is 3.95. The van der Waals surface area contributed by atoms with Gasteiger partial charge in [-0.15, -0.1) is 0 Å². The Balaban J connectivity index is 1.25. The van der Waals surface area contributed by atoms with Crippen LogP contribution in [0.25, 0.3) is 0 Å². The lowest BCUT2D eigenvalue weighted by atomic mass is 9.43. The molecule has 6 fully saturated rings. The summed E-state index contributed by atoms with van der Waals surface area (Å²) in [6.45, 7) is 11.9. The Labute approximate surface area is 282 Å². The van der Waals surface area contributed by atoms with Crippen molar-refractivity contribution in [2.24, 2.45) is 17.3 Å². The summed E-state index contributed by atoms with van der Waals surface area (Å²) in [5.41, 5.74) is -2.75. The molecule has 1 saturated carbocycles. The van der Waals surface area contributed by atoms with E-state index in [0.717, 1.165) is 56.9 Å². The predicted octanol–water partition coefficient (Wildman–Crippen LogP) is 4.02. The van der Waals surface area contributed by atoms with Crippen molar-refractivity contribution in [3.05, 3.63) is 23.0 Å². The number of fused-ring (bicyclic) bond motifs is 2. The van der Waals surface area contributed by atoms with Gasteiger partial charge in [-0.2, -0.15) is 0 Å². The van der Waals surface area contributed by atoms with E-state index in [9.17, 15) is 15.0 Å². The number of Topliss-reactive ketones (excluding diaryl/α,β-unsaturated/α-hetero) is 2. The number of aliphatic hydroxyl groups is 2. The van der Waals surface area contributed by atoms with E-state index in [-0.39, 0.29) is 42.5 Å². The molecule has 7 heterocycles. The molecule has 7 aliphatic heterocycles. The van der Waals surface area contributed by atoms with Gasteiger partial charge in [0.2, 0.25) is 0 Å². The summed E-state index contributed by atoms with van der Waals surface area (Å²) in [6.07, 6.45) is 4.29. The highest BCUT2D eigenvalue weighted by Crippen LogP contribution is 2.73. The van der Waals surface area contributed by atoms with E-state index in [0.29, 0.717) is 11.1 Å². The summed E-state index contributed by atoms with van der Waals surface area (Å²) < 4.78 is 40.3. The smallest absolute Gasteiger partial charge is 0.191 e. The maximum absolute atomic E-state index is 15.4. The third kappa shape index (κ3) is 3.84. The van der Waals surface area contributed by atoms with Crippen molar-refractivity contribution in [1.29, 1.82) is 0 Å². The number of hydrogen-bond donors (Lipinski definition) is 2. The summed E-state index contributed by atoms with van der Waals surface area (Å²) in [6, 6.07) is 0. The number of ether oxygens (including phenoxy) is 6. The van der Waals surface area contributed by atoms with E-state index in [4.69, 9.17) is 28.4 Å². The molecule has 0 aromatic carbocycles. The molecular formula is C38H52O10. The van der Waals surface area contributed by atoms with Crippen LogP contribution in [0, 0.1) is 17.3 Å². The Kier molecular flexibility index (Phi) is 6.88. The fraction of sp³-hybridized carbons (Fsp3) is 0.842. The molecule has 3 aliphatic carbocycles. The standard InChI is InChI=1S/C38H52O10/c1-7-9-11-13-19-23-24-25(30-37(32(47-37)27(24)41)16-22(40)35(5,6)46-30)31(44-19)38-18(17-43-20(26(23)38)14-12-10-8-2)29-36(33(48-36)28(38)42)15-21(39)34(3,4)45-29/h17,19-23,26,29-33,39-40H,7-16H2,1-6H3/t19-,20-,21-,22-,23-,26+,29-,30+,31+,32-,33-,36+,37+,38?/m0/s1. The SMILES string of the molecule is CCCCC[C@@H]1O[C@@H]2C3=C(C(=O)[C@@H]4O[C@@]45C[C@H](O)C(C)(C)O[C@H]35)[C@H]1[C@H]1[C@H](CCCCC)OC=C3[C@@H]4OC(C)(C)[C@@H](O)C[C@@]45O[C@H]5C(=O)C312. The number of unbranched alkanes of at least 4 members (excludes halogenated alkanes) is 4. The predicted molar refractivity (Wildman–Crippen MR) is 171 cm³/mol. The zero-order chi connectivity index (χ0) is 33.8. The fourth-order valence-electron chi connectivity index (χ4n) is 11.2. The summed E-state index contributed by atoms with van der Waals surface area (Å²) in [5.74, 6) is -0.863. The van der Waals surface area contributed by atoms with Gasteiger partial charge in [0.15, 0.2) is 17.7 Å². The summed E-state index contributed by atoms with van der Waals surface area (Å²) >= 11 is 0. The second-order valence-electron chi connectivity index (χ2n) is 17.4. The normalized spacial score (nSPS) is 51.2. The Morgan fingerprint density at radius 1 is 0.729 bits per heavy atom. The molecule has 2 N–H and O–H groups in total. The van der Waals surface area contributed by atoms with Crippen molar-refractivity contribution in [3.8, 4) is 0 Å². The van der Waals surface area contributed by atoms with Crippen molar-refractivity contribution in [2.45, 2.75) is 183 Å². The molecule has 2 bridgehead atoms. The molecule has 5 saturated heterocycles. The third-order valence-corrected chi connectivity index (χ3v) is 13.9. The maximum Gasteiger partial charge on any atom is 0.191 e. The van der Waals surface area contributed by atoms with Crippen LogP contribution in [0.3, 0.4) is 0 Å². The molecule has 0 aromatic rings. The first kappa shape index (κ1) is 32.3. The molecule has 14 atom stereocenters. The minimum Gasteiger partial charge on any atom is -0.498 e. The van der Waals surface area contributed by atoms with E-state index in [1.165, 1.54) is 0 Å². The van der Waals surface area contributed by atoms with Gasteiger partial charge in [-0.3, -0.25) is 9.59 Å². The van der Waals surface area contributed by atoms with Crippen molar-refractivity contribution in [1.82, 2.24) is 0 Å². The number of ketones is 2. The monoisotopic (exact) mass is 668 g/mol. The van der Waals surface area contributed by atoms with Crippen LogP contribution in [0.4, 0.5) is 0 Å².